The molecule has 82 valence electrons. The van der Waals surface area contributed by atoms with Gasteiger partial charge >= 0.3 is 0 Å². The molecule has 2 aromatic carbocycles. The first kappa shape index (κ1) is 11.3. The van der Waals surface area contributed by atoms with Gasteiger partial charge in [0.2, 0.25) is 7.95 Å². The van der Waals surface area contributed by atoms with Crippen LogP contribution < -0.4 is 9.49 Å². The quantitative estimate of drug-likeness (QED) is 0.615. The Labute approximate surface area is 100 Å². The molecular formula is C12H11ClNOP. The van der Waals surface area contributed by atoms with Crippen LogP contribution in [0.4, 0.5) is 5.69 Å². The van der Waals surface area contributed by atoms with Crippen molar-refractivity contribution in [2.24, 2.45) is 0 Å². The van der Waals surface area contributed by atoms with Gasteiger partial charge in [-0.2, -0.15) is 0 Å². The van der Waals surface area contributed by atoms with E-state index in [2.05, 4.69) is 0 Å². The zero-order valence-electron chi connectivity index (χ0n) is 8.51. The van der Waals surface area contributed by atoms with Crippen molar-refractivity contribution in [2.75, 3.05) is 4.19 Å². The number of benzene rings is 2. The Hall–Kier alpha value is -1.24. The number of para-hydroxylation sites is 1. The van der Waals surface area contributed by atoms with E-state index in [1.165, 1.54) is 4.19 Å². The van der Waals surface area contributed by atoms with E-state index in [1.807, 2.05) is 60.7 Å². The van der Waals surface area contributed by atoms with E-state index in [4.69, 9.17) is 11.8 Å². The number of hydrogen-bond donors (Lipinski definition) is 0. The van der Waals surface area contributed by atoms with Crippen molar-refractivity contribution in [2.45, 2.75) is 0 Å². The molecule has 16 heavy (non-hydrogen) atoms. The summed E-state index contributed by atoms with van der Waals surface area (Å²) >= 11 is 6.06. The van der Waals surface area contributed by atoms with Crippen molar-refractivity contribution in [3.63, 3.8) is 0 Å². The molecule has 2 rings (SSSR count). The molecule has 0 spiro atoms. The molecule has 2 aromatic rings. The van der Waals surface area contributed by atoms with Gasteiger partial charge in [-0.05, 0) is 24.3 Å². The van der Waals surface area contributed by atoms with E-state index in [0.717, 1.165) is 11.0 Å². The first-order chi connectivity index (χ1) is 7.79. The molecule has 0 aliphatic heterocycles. The zero-order chi connectivity index (χ0) is 11.4. The minimum Gasteiger partial charge on any atom is -0.297 e. The second kappa shape index (κ2) is 5.20. The summed E-state index contributed by atoms with van der Waals surface area (Å²) in [6.45, 7) is 0. The highest BCUT2D eigenvalue weighted by atomic mass is 35.5. The van der Waals surface area contributed by atoms with Crippen molar-refractivity contribution in [3.05, 3.63) is 60.7 Å². The van der Waals surface area contributed by atoms with Gasteiger partial charge in [-0.25, -0.2) is 4.19 Å². The lowest BCUT2D eigenvalue weighted by Gasteiger charge is -2.15. The fraction of sp³-hybridized carbons (Fsp3) is 0. The summed E-state index contributed by atoms with van der Waals surface area (Å²) in [6, 6.07) is 18.5. The smallest absolute Gasteiger partial charge is 0.203 e. The summed E-state index contributed by atoms with van der Waals surface area (Å²) in [5.41, 5.74) is 0.747. The third kappa shape index (κ3) is 2.46. The van der Waals surface area contributed by atoms with Crippen molar-refractivity contribution in [1.82, 2.24) is 0 Å². The van der Waals surface area contributed by atoms with Crippen molar-refractivity contribution in [3.8, 4) is 0 Å². The number of rotatable bonds is 3. The van der Waals surface area contributed by atoms with Crippen LogP contribution >= 0.6 is 19.7 Å². The zero-order valence-corrected chi connectivity index (χ0v) is 10.3. The summed E-state index contributed by atoms with van der Waals surface area (Å²) in [5.74, 6) is 0. The first-order valence-corrected chi connectivity index (χ1v) is 6.59. The van der Waals surface area contributed by atoms with Crippen LogP contribution in [0.5, 0.6) is 0 Å². The van der Waals surface area contributed by atoms with Gasteiger partial charge < -0.3 is 0 Å². The fourth-order valence-electron chi connectivity index (χ4n) is 1.37. The molecule has 0 heterocycles. The van der Waals surface area contributed by atoms with Crippen LogP contribution in [0.15, 0.2) is 60.7 Å². The molecule has 0 radical (unpaired) electrons. The Morgan fingerprint density at radius 3 is 1.94 bits per heavy atom. The Kier molecular flexibility index (Phi) is 3.66. The molecule has 2 nitrogen and oxygen atoms in total. The Balaban J connectivity index is 2.24. The minimum atomic E-state index is -2.15. The van der Waals surface area contributed by atoms with Gasteiger partial charge in [0.25, 0.3) is 0 Å². The van der Waals surface area contributed by atoms with Crippen LogP contribution in [0.1, 0.15) is 0 Å². The topological polar surface area (TPSA) is 20.3 Å². The molecule has 0 aliphatic carbocycles. The van der Waals surface area contributed by atoms with Crippen LogP contribution in [0.3, 0.4) is 0 Å². The van der Waals surface area contributed by atoms with E-state index in [9.17, 15) is 4.57 Å². The second-order valence-corrected chi connectivity index (χ2v) is 5.54. The highest BCUT2D eigenvalue weighted by molar-refractivity contribution is 7.57. The van der Waals surface area contributed by atoms with Crippen LogP contribution in [0, 0.1) is 0 Å². The molecule has 0 N–H and O–H groups in total. The first-order valence-electron chi connectivity index (χ1n) is 4.89. The maximum atomic E-state index is 12.1. The van der Waals surface area contributed by atoms with Gasteiger partial charge in [0, 0.05) is 17.1 Å². The van der Waals surface area contributed by atoms with Gasteiger partial charge in [0.05, 0.1) is 5.69 Å². The third-order valence-electron chi connectivity index (χ3n) is 2.18. The van der Waals surface area contributed by atoms with Crippen molar-refractivity contribution < 1.29 is 4.57 Å². The molecule has 0 amide bonds. The summed E-state index contributed by atoms with van der Waals surface area (Å²) in [4.78, 5) is 0. The molecule has 0 aromatic heterocycles. The SMILES string of the molecule is O=[PH](c1ccccc1)N(Cl)c1ccccc1. The normalized spacial score (nSPS) is 12.1. The fourth-order valence-corrected chi connectivity index (χ4v) is 2.86. The summed E-state index contributed by atoms with van der Waals surface area (Å²) in [5, 5.41) is 0.756. The standard InChI is InChI=1S/C12H11ClNOP/c13-14(11-7-3-1-4-8-11)16(15)12-9-5-2-6-10-12/h1-10,16H. The molecule has 1 atom stereocenters. The lowest BCUT2D eigenvalue weighted by molar-refractivity contribution is 0.594. The lowest BCUT2D eigenvalue weighted by atomic mass is 10.3. The number of anilines is 1. The Morgan fingerprint density at radius 2 is 1.38 bits per heavy atom. The van der Waals surface area contributed by atoms with Gasteiger partial charge in [0.1, 0.15) is 0 Å². The van der Waals surface area contributed by atoms with Gasteiger partial charge in [0.15, 0.2) is 0 Å². The van der Waals surface area contributed by atoms with E-state index >= 15 is 0 Å². The highest BCUT2D eigenvalue weighted by Gasteiger charge is 2.12. The summed E-state index contributed by atoms with van der Waals surface area (Å²) in [6.07, 6.45) is 0. The van der Waals surface area contributed by atoms with Crippen molar-refractivity contribution in [1.29, 1.82) is 0 Å². The predicted octanol–water partition coefficient (Wildman–Crippen LogP) is 3.45. The lowest BCUT2D eigenvalue weighted by Crippen LogP contribution is -2.07. The molecule has 0 bridgehead atoms. The Bertz CT molecular complexity index is 475. The van der Waals surface area contributed by atoms with Gasteiger partial charge in [-0.1, -0.05) is 36.4 Å². The summed E-state index contributed by atoms with van der Waals surface area (Å²) in [7, 11) is -2.15. The largest absolute Gasteiger partial charge is 0.297 e. The van der Waals surface area contributed by atoms with Crippen molar-refractivity contribution >= 4 is 30.7 Å². The maximum Gasteiger partial charge on any atom is 0.203 e. The molecule has 0 saturated carbocycles. The number of hydrogen-bond acceptors (Lipinski definition) is 1. The maximum absolute atomic E-state index is 12.1. The monoisotopic (exact) mass is 251 g/mol. The van der Waals surface area contributed by atoms with E-state index < -0.39 is 7.95 Å². The van der Waals surface area contributed by atoms with Crippen LogP contribution in [0.2, 0.25) is 0 Å². The van der Waals surface area contributed by atoms with E-state index in [-0.39, 0.29) is 0 Å². The van der Waals surface area contributed by atoms with Crippen LogP contribution in [-0.4, -0.2) is 0 Å². The molecule has 4 heteroatoms. The Morgan fingerprint density at radius 1 is 0.875 bits per heavy atom. The third-order valence-corrected chi connectivity index (χ3v) is 4.28. The molecular weight excluding hydrogens is 241 g/mol. The second-order valence-electron chi connectivity index (χ2n) is 3.29. The van der Waals surface area contributed by atoms with Gasteiger partial charge in [-0.3, -0.25) is 4.57 Å². The van der Waals surface area contributed by atoms with Crippen LogP contribution in [0.25, 0.3) is 0 Å². The van der Waals surface area contributed by atoms with E-state index in [0.29, 0.717) is 0 Å². The predicted molar refractivity (Wildman–Crippen MR) is 69.9 cm³/mol. The molecule has 0 saturated heterocycles. The number of halogens is 1. The van der Waals surface area contributed by atoms with Gasteiger partial charge in [-0.15, -0.1) is 0 Å². The molecule has 0 fully saturated rings. The molecule has 1 unspecified atom stereocenters. The highest BCUT2D eigenvalue weighted by Crippen LogP contribution is 2.34. The van der Waals surface area contributed by atoms with Crippen LogP contribution in [-0.2, 0) is 4.57 Å². The number of nitrogens with zero attached hydrogens (tertiary/aromatic N) is 1. The summed E-state index contributed by atoms with van der Waals surface area (Å²) < 4.78 is 13.4. The average Bonchev–Trinajstić information content (AvgIpc) is 2.39. The minimum absolute atomic E-state index is 0.747. The van der Waals surface area contributed by atoms with E-state index in [1.54, 1.807) is 0 Å². The molecule has 0 aliphatic rings. The average molecular weight is 252 g/mol.